The molecule has 0 aromatic heterocycles. The van der Waals surface area contributed by atoms with Crippen LogP contribution < -0.4 is 4.90 Å². The molecule has 1 saturated heterocycles. The lowest BCUT2D eigenvalue weighted by atomic mass is 9.73. The predicted molar refractivity (Wildman–Crippen MR) is 126 cm³/mol. The Hall–Kier alpha value is -1.47. The number of nitrogens with zero attached hydrogens (tertiary/aromatic N) is 1. The number of ketones is 1. The number of carbonyl (C=O) groups excluding carboxylic acids is 1. The molecule has 32 heavy (non-hydrogen) atoms. The van der Waals surface area contributed by atoms with E-state index in [0.717, 1.165) is 25.2 Å². The van der Waals surface area contributed by atoms with Crippen LogP contribution in [0, 0.1) is 23.6 Å². The molecule has 5 atom stereocenters. The minimum Gasteiger partial charge on any atom is -0.372 e. The maximum absolute atomic E-state index is 14.9. The van der Waals surface area contributed by atoms with Gasteiger partial charge in [0.1, 0.15) is 11.6 Å². The molecule has 2 aliphatic rings. The average Bonchev–Trinajstić information content (AvgIpc) is 2.70. The third kappa shape index (κ3) is 6.10. The van der Waals surface area contributed by atoms with Gasteiger partial charge in [-0.2, -0.15) is 0 Å². The van der Waals surface area contributed by atoms with Crippen LogP contribution in [-0.2, 0) is 25.8 Å². The molecule has 2 fully saturated rings. The van der Waals surface area contributed by atoms with Crippen LogP contribution in [-0.4, -0.2) is 50.5 Å². The zero-order valence-corrected chi connectivity index (χ0v) is 20.8. The second kappa shape index (κ2) is 10.2. The van der Waals surface area contributed by atoms with Crippen LogP contribution in [0.2, 0.25) is 0 Å². The van der Waals surface area contributed by atoms with Crippen LogP contribution in [0.3, 0.4) is 0 Å². The molecule has 0 N–H and O–H groups in total. The van der Waals surface area contributed by atoms with Gasteiger partial charge in [-0.05, 0) is 76.5 Å². The minimum atomic E-state index is -3.09. The van der Waals surface area contributed by atoms with Gasteiger partial charge in [0.2, 0.25) is 0 Å². The molecule has 1 heterocycles. The van der Waals surface area contributed by atoms with Crippen molar-refractivity contribution in [2.24, 2.45) is 17.8 Å². The molecule has 1 aromatic carbocycles. The fourth-order valence-electron chi connectivity index (χ4n) is 5.09. The van der Waals surface area contributed by atoms with Gasteiger partial charge >= 0.3 is 0 Å². The van der Waals surface area contributed by atoms with Gasteiger partial charge < -0.3 is 9.64 Å². The van der Waals surface area contributed by atoms with E-state index in [1.165, 1.54) is 6.07 Å². The second-order valence-corrected chi connectivity index (χ2v) is 12.8. The lowest BCUT2D eigenvalue weighted by molar-refractivity contribution is -0.124. The molecular formula is C25H38FNO4S. The number of carbonyl (C=O) groups is 1. The van der Waals surface area contributed by atoms with Gasteiger partial charge in [-0.15, -0.1) is 0 Å². The number of Topliss-reactive ketones (excluding diaryl/α,β-unsaturated/α-hetero) is 1. The first-order valence-corrected chi connectivity index (χ1v) is 13.6. The summed E-state index contributed by atoms with van der Waals surface area (Å²) >= 11 is 0. The fraction of sp³-hybridized carbons (Fsp3) is 0.720. The Morgan fingerprint density at radius 1 is 1.16 bits per heavy atom. The Balaban J connectivity index is 1.59. The van der Waals surface area contributed by atoms with E-state index in [2.05, 4.69) is 4.90 Å². The van der Waals surface area contributed by atoms with Crippen molar-refractivity contribution in [3.63, 3.8) is 0 Å². The van der Waals surface area contributed by atoms with Gasteiger partial charge in [-0.1, -0.05) is 13.0 Å². The molecule has 2 unspecified atom stereocenters. The van der Waals surface area contributed by atoms with E-state index in [4.69, 9.17) is 4.74 Å². The number of benzene rings is 1. The topological polar surface area (TPSA) is 63.7 Å². The summed E-state index contributed by atoms with van der Waals surface area (Å²) in [5.74, 6) is 0.0592. The van der Waals surface area contributed by atoms with Crippen molar-refractivity contribution in [3.8, 4) is 0 Å². The van der Waals surface area contributed by atoms with Crippen molar-refractivity contribution < 1.29 is 22.3 Å². The monoisotopic (exact) mass is 467 g/mol. The number of ether oxygens (including phenoxy) is 1. The van der Waals surface area contributed by atoms with E-state index < -0.39 is 9.84 Å². The van der Waals surface area contributed by atoms with Gasteiger partial charge in [0, 0.05) is 31.1 Å². The number of hydrogen-bond acceptors (Lipinski definition) is 5. The average molecular weight is 468 g/mol. The van der Waals surface area contributed by atoms with E-state index in [0.29, 0.717) is 18.4 Å². The Labute approximate surface area is 192 Å². The van der Waals surface area contributed by atoms with Crippen LogP contribution in [0.25, 0.3) is 0 Å². The molecule has 1 aliphatic carbocycles. The zero-order valence-electron chi connectivity index (χ0n) is 20.0. The summed E-state index contributed by atoms with van der Waals surface area (Å²) < 4.78 is 45.2. The van der Waals surface area contributed by atoms with Crippen LogP contribution in [0.4, 0.5) is 10.1 Å². The number of anilines is 1. The largest absolute Gasteiger partial charge is 0.372 e. The molecule has 3 rings (SSSR count). The summed E-state index contributed by atoms with van der Waals surface area (Å²) in [6.07, 6.45) is 2.38. The Bertz CT molecular complexity index is 907. The van der Waals surface area contributed by atoms with Crippen molar-refractivity contribution in [1.82, 2.24) is 0 Å². The Morgan fingerprint density at radius 2 is 1.81 bits per heavy atom. The maximum Gasteiger partial charge on any atom is 0.152 e. The molecule has 1 aromatic rings. The van der Waals surface area contributed by atoms with E-state index >= 15 is 0 Å². The van der Waals surface area contributed by atoms with E-state index in [-0.39, 0.29) is 59.0 Å². The quantitative estimate of drug-likeness (QED) is 0.594. The number of hydrogen-bond donors (Lipinski definition) is 0. The van der Waals surface area contributed by atoms with Crippen LogP contribution in [0.15, 0.2) is 18.2 Å². The van der Waals surface area contributed by atoms with Gasteiger partial charge in [0.25, 0.3) is 0 Å². The van der Waals surface area contributed by atoms with E-state index in [1.807, 2.05) is 26.8 Å². The third-order valence-corrected chi connectivity index (χ3v) is 9.48. The van der Waals surface area contributed by atoms with Crippen molar-refractivity contribution in [3.05, 3.63) is 29.6 Å². The molecule has 0 bridgehead atoms. The minimum absolute atomic E-state index is 0.0577. The van der Waals surface area contributed by atoms with Crippen LogP contribution in [0.5, 0.6) is 0 Å². The number of rotatable bonds is 7. The SMILES string of the molecule is CC1C[C@H](C(=O)Cc2ccc(N3C[C@@H](C)O[C@@H](C)C3)cc2F)CCC1CS(=O)(=O)C(C)C. The first kappa shape index (κ1) is 25.2. The molecule has 180 valence electrons. The van der Waals surface area contributed by atoms with Crippen molar-refractivity contribution in [2.45, 2.75) is 77.8 Å². The molecule has 1 aliphatic heterocycles. The number of morpholine rings is 1. The number of sulfone groups is 1. The third-order valence-electron chi connectivity index (χ3n) is 7.15. The highest BCUT2D eigenvalue weighted by Crippen LogP contribution is 2.36. The summed E-state index contributed by atoms with van der Waals surface area (Å²) in [6.45, 7) is 10.9. The lowest BCUT2D eigenvalue weighted by Gasteiger charge is -2.37. The summed E-state index contributed by atoms with van der Waals surface area (Å²) in [7, 11) is -3.09. The first-order valence-electron chi connectivity index (χ1n) is 11.9. The van der Waals surface area contributed by atoms with Gasteiger partial charge in [0.15, 0.2) is 9.84 Å². The number of halogens is 1. The van der Waals surface area contributed by atoms with Crippen molar-refractivity contribution >= 4 is 21.3 Å². The van der Waals surface area contributed by atoms with Gasteiger partial charge in [-0.25, -0.2) is 12.8 Å². The van der Waals surface area contributed by atoms with E-state index in [1.54, 1.807) is 19.9 Å². The molecule has 0 amide bonds. The molecule has 1 saturated carbocycles. The molecule has 0 radical (unpaired) electrons. The molecular weight excluding hydrogens is 429 g/mol. The standard InChI is InChI=1S/C25H38FNO4S/c1-16(2)32(29,30)15-22-7-6-21(10-17(22)3)25(28)11-20-8-9-23(12-24(20)26)27-13-18(4)31-19(5)14-27/h8-9,12,16-19,21-22H,6-7,10-11,13-15H2,1-5H3/t17?,18-,19+,21-,22?/m1/s1. The fourth-order valence-corrected chi connectivity index (χ4v) is 6.56. The Morgan fingerprint density at radius 3 is 2.38 bits per heavy atom. The maximum atomic E-state index is 14.9. The van der Waals surface area contributed by atoms with Gasteiger partial charge in [0.05, 0.1) is 23.2 Å². The summed E-state index contributed by atoms with van der Waals surface area (Å²) in [4.78, 5) is 15.1. The zero-order chi connectivity index (χ0) is 23.6. The summed E-state index contributed by atoms with van der Waals surface area (Å²) in [6, 6.07) is 5.16. The summed E-state index contributed by atoms with van der Waals surface area (Å²) in [5.41, 5.74) is 1.26. The highest BCUT2D eigenvalue weighted by Gasteiger charge is 2.34. The van der Waals surface area contributed by atoms with Crippen molar-refractivity contribution in [2.75, 3.05) is 23.7 Å². The highest BCUT2D eigenvalue weighted by atomic mass is 32.2. The molecule has 5 nitrogen and oxygen atoms in total. The molecule has 7 heteroatoms. The van der Waals surface area contributed by atoms with Crippen LogP contribution in [0.1, 0.15) is 59.4 Å². The predicted octanol–water partition coefficient (Wildman–Crippen LogP) is 4.43. The molecule has 0 spiro atoms. The second-order valence-electron chi connectivity index (χ2n) is 10.2. The smallest absolute Gasteiger partial charge is 0.152 e. The normalized spacial score (nSPS) is 29.3. The summed E-state index contributed by atoms with van der Waals surface area (Å²) in [5, 5.41) is -0.371. The highest BCUT2D eigenvalue weighted by molar-refractivity contribution is 7.91. The van der Waals surface area contributed by atoms with Crippen LogP contribution >= 0.6 is 0 Å². The first-order chi connectivity index (χ1) is 15.0. The van der Waals surface area contributed by atoms with Crippen molar-refractivity contribution in [1.29, 1.82) is 0 Å². The Kier molecular flexibility index (Phi) is 8.02. The van der Waals surface area contributed by atoms with Gasteiger partial charge in [-0.3, -0.25) is 4.79 Å². The van der Waals surface area contributed by atoms with E-state index in [9.17, 15) is 17.6 Å². The lowest BCUT2D eigenvalue weighted by Crippen LogP contribution is -2.45.